The summed E-state index contributed by atoms with van der Waals surface area (Å²) in [6.45, 7) is 0. The third-order valence-electron chi connectivity index (χ3n) is 5.79. The number of rotatable bonds is 5. The van der Waals surface area contributed by atoms with Crippen LogP contribution in [0.2, 0.25) is 0 Å². The summed E-state index contributed by atoms with van der Waals surface area (Å²) in [5.41, 5.74) is 1.39. The van der Waals surface area contributed by atoms with Crippen LogP contribution in [-0.4, -0.2) is 17.1 Å². The highest BCUT2D eigenvalue weighted by atomic mass is 32.2. The minimum Gasteiger partial charge on any atom is -0.302 e. The fraction of sp³-hybridized carbons (Fsp3) is 0.765. The van der Waals surface area contributed by atoms with Crippen LogP contribution in [0.1, 0.15) is 50.6 Å². The van der Waals surface area contributed by atoms with Crippen molar-refractivity contribution in [1.29, 1.82) is 0 Å². The number of hydrogen-bond acceptors (Lipinski definition) is 4. The highest BCUT2D eigenvalue weighted by Crippen LogP contribution is 2.61. The number of aromatic nitrogens is 1. The molecule has 4 saturated carbocycles. The van der Waals surface area contributed by atoms with Gasteiger partial charge in [-0.2, -0.15) is 11.8 Å². The van der Waals surface area contributed by atoms with Crippen molar-refractivity contribution in [2.45, 2.75) is 50.7 Å². The molecular formula is C17H24N2OS2. The third-order valence-corrected chi connectivity index (χ3v) is 7.18. The maximum Gasteiger partial charge on any atom is 0.226 e. The number of anilines is 1. The third kappa shape index (κ3) is 2.94. The molecule has 0 atom stereocenters. The number of carbonyl (C=O) groups excluding carboxylic acids is 1. The van der Waals surface area contributed by atoms with Crippen molar-refractivity contribution < 1.29 is 4.79 Å². The molecule has 1 aromatic rings. The van der Waals surface area contributed by atoms with Gasteiger partial charge in [-0.15, -0.1) is 11.3 Å². The van der Waals surface area contributed by atoms with E-state index in [4.69, 9.17) is 0 Å². The number of thioether (sulfide) groups is 1. The molecule has 4 aliphatic rings. The van der Waals surface area contributed by atoms with E-state index in [9.17, 15) is 4.79 Å². The van der Waals surface area contributed by atoms with Gasteiger partial charge in [-0.25, -0.2) is 4.98 Å². The van der Waals surface area contributed by atoms with Crippen LogP contribution in [0.3, 0.4) is 0 Å². The predicted octanol–water partition coefficient (Wildman–Crippen LogP) is 4.55. The average molecular weight is 337 g/mol. The van der Waals surface area contributed by atoms with Crippen LogP contribution in [0.4, 0.5) is 5.13 Å². The van der Waals surface area contributed by atoms with Crippen molar-refractivity contribution in [3.05, 3.63) is 11.1 Å². The van der Waals surface area contributed by atoms with Crippen molar-refractivity contribution in [3.63, 3.8) is 0 Å². The minimum atomic E-state index is 0.187. The predicted molar refractivity (Wildman–Crippen MR) is 93.2 cm³/mol. The Morgan fingerprint density at radius 3 is 2.55 bits per heavy atom. The Kier molecular flexibility index (Phi) is 3.97. The van der Waals surface area contributed by atoms with Gasteiger partial charge in [0.05, 0.1) is 5.69 Å². The lowest BCUT2D eigenvalue weighted by molar-refractivity contribution is -0.124. The van der Waals surface area contributed by atoms with Crippen molar-refractivity contribution in [2.24, 2.45) is 23.2 Å². The zero-order valence-electron chi connectivity index (χ0n) is 13.1. The monoisotopic (exact) mass is 336 g/mol. The Morgan fingerprint density at radius 2 is 1.95 bits per heavy atom. The summed E-state index contributed by atoms with van der Waals surface area (Å²) in [6, 6.07) is 0. The first-order chi connectivity index (χ1) is 10.6. The van der Waals surface area contributed by atoms with Gasteiger partial charge in [0.25, 0.3) is 0 Å². The second-order valence-corrected chi connectivity index (χ2v) is 9.44. The number of hydrogen-bond donors (Lipinski definition) is 1. The maximum atomic E-state index is 12.5. The van der Waals surface area contributed by atoms with Gasteiger partial charge in [-0.3, -0.25) is 4.79 Å². The zero-order valence-corrected chi connectivity index (χ0v) is 14.8. The zero-order chi connectivity index (χ0) is 15.2. The molecule has 4 fully saturated rings. The van der Waals surface area contributed by atoms with Gasteiger partial charge in [0.15, 0.2) is 5.13 Å². The lowest BCUT2D eigenvalue weighted by Gasteiger charge is -2.56. The summed E-state index contributed by atoms with van der Waals surface area (Å²) < 4.78 is 0. The lowest BCUT2D eigenvalue weighted by Crippen LogP contribution is -2.47. The van der Waals surface area contributed by atoms with E-state index < -0.39 is 0 Å². The normalized spacial score (nSPS) is 35.8. The first-order valence-electron chi connectivity index (χ1n) is 8.37. The summed E-state index contributed by atoms with van der Waals surface area (Å²) in [4.78, 5) is 17.0. The van der Waals surface area contributed by atoms with E-state index in [0.717, 1.165) is 34.3 Å². The van der Waals surface area contributed by atoms with Crippen LogP contribution in [0.5, 0.6) is 0 Å². The Bertz CT molecular complexity index is 533. The van der Waals surface area contributed by atoms with Crippen LogP contribution in [-0.2, 0) is 10.5 Å². The van der Waals surface area contributed by atoms with Crippen molar-refractivity contribution >= 4 is 34.1 Å². The molecule has 0 aromatic carbocycles. The number of nitrogens with zero attached hydrogens (tertiary/aromatic N) is 1. The van der Waals surface area contributed by atoms with Gasteiger partial charge in [-0.05, 0) is 67.9 Å². The van der Waals surface area contributed by atoms with Crippen molar-refractivity contribution in [2.75, 3.05) is 11.6 Å². The van der Waals surface area contributed by atoms with Crippen LogP contribution in [0.15, 0.2) is 5.38 Å². The van der Waals surface area contributed by atoms with Crippen LogP contribution in [0, 0.1) is 23.2 Å². The van der Waals surface area contributed by atoms with Gasteiger partial charge in [-0.1, -0.05) is 0 Å². The largest absolute Gasteiger partial charge is 0.302 e. The lowest BCUT2D eigenvalue weighted by atomic mass is 9.49. The quantitative estimate of drug-likeness (QED) is 0.857. The molecule has 0 radical (unpaired) electrons. The molecular weight excluding hydrogens is 312 g/mol. The molecule has 1 N–H and O–H groups in total. The van der Waals surface area contributed by atoms with Gasteiger partial charge < -0.3 is 5.32 Å². The highest BCUT2D eigenvalue weighted by molar-refractivity contribution is 7.97. The highest BCUT2D eigenvalue weighted by Gasteiger charge is 2.51. The molecule has 0 saturated heterocycles. The Labute approximate surface area is 140 Å². The van der Waals surface area contributed by atoms with E-state index in [1.807, 2.05) is 0 Å². The molecule has 1 heterocycles. The molecule has 1 aromatic heterocycles. The van der Waals surface area contributed by atoms with Crippen molar-refractivity contribution in [3.8, 4) is 0 Å². The van der Waals surface area contributed by atoms with Crippen LogP contribution in [0.25, 0.3) is 0 Å². The molecule has 5 rings (SSSR count). The van der Waals surface area contributed by atoms with E-state index >= 15 is 0 Å². The van der Waals surface area contributed by atoms with Gasteiger partial charge >= 0.3 is 0 Å². The number of nitrogens with one attached hydrogen (secondary N) is 1. The molecule has 3 nitrogen and oxygen atoms in total. The summed E-state index contributed by atoms with van der Waals surface area (Å²) in [7, 11) is 0. The second kappa shape index (κ2) is 5.82. The van der Waals surface area contributed by atoms with E-state index in [1.165, 1.54) is 38.5 Å². The van der Waals surface area contributed by atoms with Crippen molar-refractivity contribution in [1.82, 2.24) is 4.98 Å². The van der Waals surface area contributed by atoms with Gasteiger partial charge in [0, 0.05) is 17.6 Å². The molecule has 4 bridgehead atoms. The maximum absolute atomic E-state index is 12.5. The van der Waals surface area contributed by atoms with E-state index in [2.05, 4.69) is 21.9 Å². The van der Waals surface area contributed by atoms with Gasteiger partial charge in [0.1, 0.15) is 0 Å². The smallest absolute Gasteiger partial charge is 0.226 e. The number of carbonyl (C=O) groups is 1. The molecule has 0 unspecified atom stereocenters. The van der Waals surface area contributed by atoms with E-state index in [0.29, 0.717) is 11.8 Å². The molecule has 0 aliphatic heterocycles. The fourth-order valence-corrected chi connectivity index (χ4v) is 6.86. The average Bonchev–Trinajstić information content (AvgIpc) is 2.83. The first-order valence-corrected chi connectivity index (χ1v) is 10.6. The topological polar surface area (TPSA) is 42.0 Å². The molecule has 0 spiro atoms. The Morgan fingerprint density at radius 1 is 1.32 bits per heavy atom. The first kappa shape index (κ1) is 15.0. The molecule has 1 amide bonds. The number of amides is 1. The van der Waals surface area contributed by atoms with E-state index in [-0.39, 0.29) is 5.91 Å². The Balaban J connectivity index is 1.39. The molecule has 120 valence electrons. The summed E-state index contributed by atoms with van der Waals surface area (Å²) in [5, 5.41) is 5.88. The summed E-state index contributed by atoms with van der Waals surface area (Å²) >= 11 is 3.32. The second-order valence-electron chi connectivity index (χ2n) is 7.72. The van der Waals surface area contributed by atoms with Crippen LogP contribution >= 0.6 is 23.1 Å². The van der Waals surface area contributed by atoms with Crippen LogP contribution < -0.4 is 5.32 Å². The number of thiazole rings is 1. The fourth-order valence-electron chi connectivity index (χ4n) is 5.59. The summed E-state index contributed by atoms with van der Waals surface area (Å²) in [6.07, 6.45) is 11.0. The Hall–Kier alpha value is -0.550. The molecule has 4 aliphatic carbocycles. The minimum absolute atomic E-state index is 0.187. The van der Waals surface area contributed by atoms with E-state index in [1.54, 1.807) is 23.1 Å². The van der Waals surface area contributed by atoms with Gasteiger partial charge in [0.2, 0.25) is 5.91 Å². The standard InChI is InChI=1S/C17H24N2OS2/c1-21-9-14-10-22-16(18-14)19-15(20)8-17-5-11-2-12(6-17)4-13(3-11)7-17/h10-13H,2-9H2,1H3,(H,18,19,20). The molecule has 5 heteroatoms. The SMILES string of the molecule is CSCc1csc(NC(=O)CC23CC4CC(CC(C4)C2)C3)n1. The summed E-state index contributed by atoms with van der Waals surface area (Å²) in [5.74, 6) is 3.83. The molecule has 22 heavy (non-hydrogen) atoms.